The molecular formula is C26H20F6N2O3. The van der Waals surface area contributed by atoms with Crippen LogP contribution in [-0.2, 0) is 4.79 Å². The topological polar surface area (TPSA) is 50.8 Å². The predicted molar refractivity (Wildman–Crippen MR) is 123 cm³/mol. The molecule has 3 aromatic rings. The first-order chi connectivity index (χ1) is 17.4. The average Bonchev–Trinajstić information content (AvgIpc) is 3.14. The second-order valence-corrected chi connectivity index (χ2v) is 8.14. The molecule has 0 spiro atoms. The van der Waals surface area contributed by atoms with Gasteiger partial charge in [0.05, 0.1) is 11.7 Å². The van der Waals surface area contributed by atoms with Crippen molar-refractivity contribution in [2.75, 3.05) is 4.90 Å². The van der Waals surface area contributed by atoms with Crippen LogP contribution in [0.3, 0.4) is 0 Å². The average molecular weight is 522 g/mol. The molecular weight excluding hydrogens is 502 g/mol. The van der Waals surface area contributed by atoms with Crippen molar-refractivity contribution in [1.29, 1.82) is 0 Å². The zero-order valence-corrected chi connectivity index (χ0v) is 19.2. The number of rotatable bonds is 7. The number of carbonyl (C=O) groups is 1. The lowest BCUT2D eigenvalue weighted by molar-refractivity contribution is -0.275. The summed E-state index contributed by atoms with van der Waals surface area (Å²) in [4.78, 5) is 14.7. The number of benzene rings is 3. The van der Waals surface area contributed by atoms with Crippen molar-refractivity contribution in [3.8, 4) is 11.5 Å². The molecule has 0 saturated heterocycles. The summed E-state index contributed by atoms with van der Waals surface area (Å²) in [5.74, 6) is -1.47. The largest absolute Gasteiger partial charge is 0.573 e. The maximum atomic E-state index is 13.5. The fraction of sp³-hybridized carbons (Fsp3) is 0.192. The summed E-state index contributed by atoms with van der Waals surface area (Å²) in [6, 6.07) is 17.9. The highest BCUT2D eigenvalue weighted by Crippen LogP contribution is 2.38. The summed E-state index contributed by atoms with van der Waals surface area (Å²) in [7, 11) is 0. The number of nitrogens with zero attached hydrogens (tertiary/aromatic N) is 1. The summed E-state index contributed by atoms with van der Waals surface area (Å²) in [6.07, 6.45) is -8.25. The summed E-state index contributed by atoms with van der Waals surface area (Å²) < 4.78 is 83.9. The monoisotopic (exact) mass is 522 g/mol. The Labute approximate surface area is 207 Å². The Morgan fingerprint density at radius 3 is 2.05 bits per heavy atom. The standard InChI is InChI=1S/C26H20F6N2O3/c1-16(17-6-3-2-4-7-17)33-22-15-23(18-8-5-9-21(14-18)37-26(30,31)32)34(24(22)35)19-10-12-20(13-11-19)36-25(27,28)29/h2-16,23,33H,1H3/t16-,23?/m1/s1. The highest BCUT2D eigenvalue weighted by atomic mass is 19.4. The highest BCUT2D eigenvalue weighted by molar-refractivity contribution is 6.09. The molecule has 0 aliphatic carbocycles. The summed E-state index contributed by atoms with van der Waals surface area (Å²) in [5.41, 5.74) is 1.58. The van der Waals surface area contributed by atoms with Crippen LogP contribution in [0.5, 0.6) is 11.5 Å². The Kier molecular flexibility index (Phi) is 7.06. The Morgan fingerprint density at radius 1 is 0.811 bits per heavy atom. The van der Waals surface area contributed by atoms with E-state index in [2.05, 4.69) is 14.8 Å². The van der Waals surface area contributed by atoms with Crippen LogP contribution in [0.2, 0.25) is 0 Å². The quantitative estimate of drug-likeness (QED) is 0.347. The molecule has 37 heavy (non-hydrogen) atoms. The van der Waals surface area contributed by atoms with Crippen LogP contribution >= 0.6 is 0 Å². The first-order valence-corrected chi connectivity index (χ1v) is 11.0. The van der Waals surface area contributed by atoms with E-state index in [0.29, 0.717) is 5.56 Å². The smallest absolute Gasteiger partial charge is 0.406 e. The van der Waals surface area contributed by atoms with Gasteiger partial charge in [-0.15, -0.1) is 26.3 Å². The molecule has 0 aromatic heterocycles. The van der Waals surface area contributed by atoms with Gasteiger partial charge in [0.1, 0.15) is 11.5 Å². The fourth-order valence-corrected chi connectivity index (χ4v) is 3.96. The van der Waals surface area contributed by atoms with E-state index in [-0.39, 0.29) is 17.4 Å². The molecule has 194 valence electrons. The maximum Gasteiger partial charge on any atom is 0.573 e. The van der Waals surface area contributed by atoms with Gasteiger partial charge >= 0.3 is 12.7 Å². The minimum absolute atomic E-state index is 0.180. The van der Waals surface area contributed by atoms with Crippen molar-refractivity contribution in [3.63, 3.8) is 0 Å². The van der Waals surface area contributed by atoms with Crippen LogP contribution in [0.15, 0.2) is 90.6 Å². The Hall–Kier alpha value is -4.15. The van der Waals surface area contributed by atoms with E-state index in [0.717, 1.165) is 29.8 Å². The van der Waals surface area contributed by atoms with E-state index in [1.165, 1.54) is 29.2 Å². The molecule has 1 amide bonds. The highest BCUT2D eigenvalue weighted by Gasteiger charge is 2.37. The van der Waals surface area contributed by atoms with Crippen LogP contribution < -0.4 is 19.7 Å². The minimum Gasteiger partial charge on any atom is -0.406 e. The van der Waals surface area contributed by atoms with Gasteiger partial charge in [-0.05, 0) is 60.5 Å². The van der Waals surface area contributed by atoms with Crippen LogP contribution in [-0.4, -0.2) is 18.6 Å². The molecule has 1 N–H and O–H groups in total. The summed E-state index contributed by atoms with van der Waals surface area (Å²) in [6.45, 7) is 1.84. The van der Waals surface area contributed by atoms with Gasteiger partial charge in [0, 0.05) is 11.7 Å². The molecule has 1 aliphatic rings. The number of hydrogen-bond donors (Lipinski definition) is 1. The lowest BCUT2D eigenvalue weighted by Crippen LogP contribution is -2.33. The van der Waals surface area contributed by atoms with Gasteiger partial charge in [-0.2, -0.15) is 0 Å². The molecule has 11 heteroatoms. The molecule has 3 aromatic carbocycles. The first-order valence-electron chi connectivity index (χ1n) is 11.0. The van der Waals surface area contributed by atoms with Gasteiger partial charge in [-0.1, -0.05) is 42.5 Å². The minimum atomic E-state index is -4.91. The summed E-state index contributed by atoms with van der Waals surface area (Å²) >= 11 is 0. The van der Waals surface area contributed by atoms with Gasteiger partial charge in [-0.25, -0.2) is 0 Å². The number of alkyl halides is 6. The number of halogens is 6. The lowest BCUT2D eigenvalue weighted by atomic mass is 10.1. The molecule has 2 atom stereocenters. The molecule has 1 heterocycles. The third kappa shape index (κ3) is 6.54. The fourth-order valence-electron chi connectivity index (χ4n) is 3.96. The van der Waals surface area contributed by atoms with Crippen LogP contribution in [0.4, 0.5) is 32.0 Å². The van der Waals surface area contributed by atoms with E-state index < -0.39 is 36.2 Å². The van der Waals surface area contributed by atoms with Crippen LogP contribution in [0.1, 0.15) is 30.1 Å². The van der Waals surface area contributed by atoms with E-state index in [1.807, 2.05) is 37.3 Å². The van der Waals surface area contributed by atoms with Crippen molar-refractivity contribution >= 4 is 11.6 Å². The summed E-state index contributed by atoms with van der Waals surface area (Å²) in [5, 5.41) is 3.12. The lowest BCUT2D eigenvalue weighted by Gasteiger charge is -2.26. The van der Waals surface area contributed by atoms with Crippen molar-refractivity contribution < 1.29 is 40.6 Å². The molecule has 0 bridgehead atoms. The van der Waals surface area contributed by atoms with E-state index in [9.17, 15) is 31.1 Å². The molecule has 5 nitrogen and oxygen atoms in total. The van der Waals surface area contributed by atoms with Crippen molar-refractivity contribution in [2.45, 2.75) is 31.7 Å². The van der Waals surface area contributed by atoms with E-state index in [1.54, 1.807) is 6.08 Å². The van der Waals surface area contributed by atoms with Gasteiger partial charge in [-0.3, -0.25) is 9.69 Å². The van der Waals surface area contributed by atoms with Gasteiger partial charge in [0.15, 0.2) is 0 Å². The van der Waals surface area contributed by atoms with E-state index >= 15 is 0 Å². The number of nitrogens with one attached hydrogen (secondary N) is 1. The zero-order chi connectivity index (χ0) is 26.8. The second kappa shape index (κ2) is 10.1. The third-order valence-electron chi connectivity index (χ3n) is 5.51. The van der Waals surface area contributed by atoms with Crippen molar-refractivity contribution in [1.82, 2.24) is 5.32 Å². The van der Waals surface area contributed by atoms with Gasteiger partial charge < -0.3 is 14.8 Å². The number of ether oxygens (including phenoxy) is 2. The molecule has 0 radical (unpaired) electrons. The second-order valence-electron chi connectivity index (χ2n) is 8.14. The van der Waals surface area contributed by atoms with E-state index in [4.69, 9.17) is 0 Å². The molecule has 4 rings (SSSR count). The van der Waals surface area contributed by atoms with Crippen LogP contribution in [0.25, 0.3) is 0 Å². The Balaban J connectivity index is 1.68. The Morgan fingerprint density at radius 2 is 1.43 bits per heavy atom. The molecule has 0 saturated carbocycles. The number of amides is 1. The Bertz CT molecular complexity index is 1270. The first kappa shape index (κ1) is 25.9. The van der Waals surface area contributed by atoms with Crippen molar-refractivity contribution in [2.24, 2.45) is 0 Å². The zero-order valence-electron chi connectivity index (χ0n) is 19.2. The molecule has 1 unspecified atom stereocenters. The molecule has 1 aliphatic heterocycles. The van der Waals surface area contributed by atoms with Gasteiger partial charge in [0.2, 0.25) is 0 Å². The van der Waals surface area contributed by atoms with Crippen LogP contribution in [0, 0.1) is 0 Å². The van der Waals surface area contributed by atoms with Crippen molar-refractivity contribution in [3.05, 3.63) is 102 Å². The SMILES string of the molecule is C[C@@H](NC1=CC(c2cccc(OC(F)(F)F)c2)N(c2ccc(OC(F)(F)F)cc2)C1=O)c1ccccc1. The van der Waals surface area contributed by atoms with Gasteiger partial charge in [0.25, 0.3) is 5.91 Å². The predicted octanol–water partition coefficient (Wildman–Crippen LogP) is 6.81. The maximum absolute atomic E-state index is 13.5. The molecule has 0 fully saturated rings. The normalized spacial score (nSPS) is 16.8. The number of carbonyl (C=O) groups excluding carboxylic acids is 1. The number of anilines is 1. The number of hydrogen-bond acceptors (Lipinski definition) is 4. The third-order valence-corrected chi connectivity index (χ3v) is 5.51.